The van der Waals surface area contributed by atoms with E-state index in [-0.39, 0.29) is 5.91 Å². The van der Waals surface area contributed by atoms with Gasteiger partial charge in [0, 0.05) is 31.0 Å². The zero-order chi connectivity index (χ0) is 18.6. The quantitative estimate of drug-likeness (QED) is 0.677. The lowest BCUT2D eigenvalue weighted by molar-refractivity contribution is 0.102. The van der Waals surface area contributed by atoms with Gasteiger partial charge in [0.1, 0.15) is 0 Å². The molecule has 3 aromatic carbocycles. The maximum atomic E-state index is 12.3. The van der Waals surface area contributed by atoms with Crippen LogP contribution >= 0.6 is 0 Å². The number of carbonyl (C=O) groups is 1. The lowest BCUT2D eigenvalue weighted by atomic mass is 10.1. The van der Waals surface area contributed by atoms with Gasteiger partial charge < -0.3 is 11.1 Å². The van der Waals surface area contributed by atoms with Crippen molar-refractivity contribution in [2.45, 2.75) is 19.5 Å². The minimum atomic E-state index is -0.185. The van der Waals surface area contributed by atoms with E-state index in [0.717, 1.165) is 31.7 Å². The van der Waals surface area contributed by atoms with Gasteiger partial charge in [-0.15, -0.1) is 0 Å². The van der Waals surface area contributed by atoms with Crippen molar-refractivity contribution >= 4 is 17.3 Å². The number of hydrogen-bond acceptors (Lipinski definition) is 3. The first-order valence-corrected chi connectivity index (χ1v) is 9.23. The molecule has 3 aromatic rings. The van der Waals surface area contributed by atoms with Crippen LogP contribution in [-0.4, -0.2) is 17.4 Å². The molecule has 1 heterocycles. The van der Waals surface area contributed by atoms with Gasteiger partial charge >= 0.3 is 0 Å². The van der Waals surface area contributed by atoms with E-state index in [1.165, 1.54) is 16.7 Å². The van der Waals surface area contributed by atoms with Gasteiger partial charge in [-0.25, -0.2) is 0 Å². The summed E-state index contributed by atoms with van der Waals surface area (Å²) in [6.45, 7) is 3.09. The molecule has 0 unspecified atom stereocenters. The molecular formula is C23H23N3O. The number of hydrogen-bond donors (Lipinski definition) is 2. The number of benzene rings is 3. The monoisotopic (exact) mass is 357 g/mol. The predicted octanol–water partition coefficient (Wildman–Crippen LogP) is 4.08. The van der Waals surface area contributed by atoms with E-state index < -0.39 is 0 Å². The van der Waals surface area contributed by atoms with Crippen LogP contribution in [0.2, 0.25) is 0 Å². The van der Waals surface area contributed by atoms with Gasteiger partial charge in [-0.2, -0.15) is 0 Å². The number of carbonyl (C=O) groups excluding carboxylic acids is 1. The Morgan fingerprint density at radius 3 is 2.19 bits per heavy atom. The highest BCUT2D eigenvalue weighted by atomic mass is 16.1. The fraction of sp³-hybridized carbons (Fsp3) is 0.174. The summed E-state index contributed by atoms with van der Waals surface area (Å²) < 4.78 is 0. The molecule has 0 spiro atoms. The fourth-order valence-electron chi connectivity index (χ4n) is 3.51. The highest BCUT2D eigenvalue weighted by Crippen LogP contribution is 2.22. The summed E-state index contributed by atoms with van der Waals surface area (Å²) in [6.07, 6.45) is 0.994. The van der Waals surface area contributed by atoms with Crippen LogP contribution in [0.1, 0.15) is 27.0 Å². The molecule has 0 saturated carbocycles. The van der Waals surface area contributed by atoms with Crippen LogP contribution in [-0.2, 0) is 19.5 Å². The zero-order valence-corrected chi connectivity index (χ0v) is 15.2. The van der Waals surface area contributed by atoms with E-state index in [1.54, 1.807) is 12.1 Å². The molecule has 4 rings (SSSR count). The number of anilines is 2. The van der Waals surface area contributed by atoms with Crippen molar-refractivity contribution in [2.75, 3.05) is 17.6 Å². The first-order valence-electron chi connectivity index (χ1n) is 9.23. The molecule has 0 aromatic heterocycles. The minimum Gasteiger partial charge on any atom is -0.398 e. The lowest BCUT2D eigenvalue weighted by Crippen LogP contribution is -2.19. The molecule has 27 heavy (non-hydrogen) atoms. The van der Waals surface area contributed by atoms with Crippen molar-refractivity contribution in [3.8, 4) is 0 Å². The number of fused-ring (bicyclic) bond motifs is 1. The topological polar surface area (TPSA) is 58.4 Å². The molecule has 1 aliphatic heterocycles. The SMILES string of the molecule is Nc1ccccc1C(=O)Nc1ccc(CCN2Cc3ccccc3C2)cc1. The normalized spacial score (nSPS) is 13.3. The number of para-hydroxylation sites is 1. The smallest absolute Gasteiger partial charge is 0.257 e. The largest absolute Gasteiger partial charge is 0.398 e. The van der Waals surface area contributed by atoms with Crippen LogP contribution in [0.15, 0.2) is 72.8 Å². The minimum absolute atomic E-state index is 0.185. The molecule has 3 N–H and O–H groups in total. The van der Waals surface area contributed by atoms with E-state index in [2.05, 4.69) is 46.6 Å². The van der Waals surface area contributed by atoms with E-state index in [9.17, 15) is 4.79 Å². The predicted molar refractivity (Wildman–Crippen MR) is 110 cm³/mol. The Labute approximate surface area is 159 Å². The van der Waals surface area contributed by atoms with Crippen LogP contribution in [0.5, 0.6) is 0 Å². The van der Waals surface area contributed by atoms with Crippen molar-refractivity contribution in [3.05, 3.63) is 95.1 Å². The number of nitrogen functional groups attached to an aromatic ring is 1. The average Bonchev–Trinajstić information content (AvgIpc) is 3.11. The molecular weight excluding hydrogens is 334 g/mol. The van der Waals surface area contributed by atoms with Gasteiger partial charge in [0.2, 0.25) is 0 Å². The van der Waals surface area contributed by atoms with Gasteiger partial charge in [0.05, 0.1) is 5.56 Å². The van der Waals surface area contributed by atoms with E-state index in [4.69, 9.17) is 5.73 Å². The first-order chi connectivity index (χ1) is 13.2. The Morgan fingerprint density at radius 2 is 1.52 bits per heavy atom. The molecule has 0 fully saturated rings. The van der Waals surface area contributed by atoms with Crippen LogP contribution in [0.3, 0.4) is 0 Å². The van der Waals surface area contributed by atoms with Crippen molar-refractivity contribution in [3.63, 3.8) is 0 Å². The summed E-state index contributed by atoms with van der Waals surface area (Å²) in [6, 6.07) is 23.8. The van der Waals surface area contributed by atoms with Gasteiger partial charge in [-0.3, -0.25) is 9.69 Å². The number of nitrogens with two attached hydrogens (primary N) is 1. The Kier molecular flexibility index (Phi) is 4.90. The summed E-state index contributed by atoms with van der Waals surface area (Å²) in [7, 11) is 0. The van der Waals surface area contributed by atoms with Gasteiger partial charge in [0.25, 0.3) is 5.91 Å². The van der Waals surface area contributed by atoms with Gasteiger partial charge in [-0.1, -0.05) is 48.5 Å². The maximum absolute atomic E-state index is 12.3. The van der Waals surface area contributed by atoms with Crippen LogP contribution in [0.4, 0.5) is 11.4 Å². The molecule has 136 valence electrons. The van der Waals surface area contributed by atoms with E-state index in [0.29, 0.717) is 11.3 Å². The third-order valence-corrected chi connectivity index (χ3v) is 5.04. The molecule has 1 amide bonds. The summed E-state index contributed by atoms with van der Waals surface area (Å²) in [5.74, 6) is -0.185. The molecule has 4 nitrogen and oxygen atoms in total. The van der Waals surface area contributed by atoms with Crippen LogP contribution in [0.25, 0.3) is 0 Å². The molecule has 0 aliphatic carbocycles. The molecule has 0 atom stereocenters. The third-order valence-electron chi connectivity index (χ3n) is 5.04. The summed E-state index contributed by atoms with van der Waals surface area (Å²) in [4.78, 5) is 14.8. The Hall–Kier alpha value is -3.11. The van der Waals surface area contributed by atoms with Crippen molar-refractivity contribution < 1.29 is 4.79 Å². The number of rotatable bonds is 5. The molecule has 0 radical (unpaired) electrons. The summed E-state index contributed by atoms with van der Waals surface area (Å²) in [5, 5.41) is 2.91. The van der Waals surface area contributed by atoms with Crippen molar-refractivity contribution in [1.29, 1.82) is 0 Å². The van der Waals surface area contributed by atoms with Crippen molar-refractivity contribution in [1.82, 2.24) is 4.90 Å². The Balaban J connectivity index is 1.32. The third kappa shape index (κ3) is 4.01. The highest BCUT2D eigenvalue weighted by molar-refractivity contribution is 6.07. The van der Waals surface area contributed by atoms with E-state index in [1.807, 2.05) is 24.3 Å². The molecule has 4 heteroatoms. The first kappa shape index (κ1) is 17.3. The molecule has 1 aliphatic rings. The van der Waals surface area contributed by atoms with Crippen LogP contribution < -0.4 is 11.1 Å². The molecule has 0 saturated heterocycles. The van der Waals surface area contributed by atoms with Gasteiger partial charge in [-0.05, 0) is 47.4 Å². The number of nitrogens with one attached hydrogen (secondary N) is 1. The lowest BCUT2D eigenvalue weighted by Gasteiger charge is -2.15. The Morgan fingerprint density at radius 1 is 0.889 bits per heavy atom. The second-order valence-corrected chi connectivity index (χ2v) is 6.97. The summed E-state index contributed by atoms with van der Waals surface area (Å²) >= 11 is 0. The second kappa shape index (κ2) is 7.64. The second-order valence-electron chi connectivity index (χ2n) is 6.97. The standard InChI is InChI=1S/C23H23N3O/c24-22-8-4-3-7-21(22)23(27)25-20-11-9-17(10-12-20)13-14-26-15-18-5-1-2-6-19(18)16-26/h1-12H,13-16,24H2,(H,25,27). The summed E-state index contributed by atoms with van der Waals surface area (Å²) in [5.41, 5.74) is 11.8. The highest BCUT2D eigenvalue weighted by Gasteiger charge is 2.17. The van der Waals surface area contributed by atoms with E-state index >= 15 is 0 Å². The molecule has 0 bridgehead atoms. The fourth-order valence-corrected chi connectivity index (χ4v) is 3.51. The van der Waals surface area contributed by atoms with Gasteiger partial charge in [0.15, 0.2) is 0 Å². The maximum Gasteiger partial charge on any atom is 0.257 e. The van der Waals surface area contributed by atoms with Crippen molar-refractivity contribution in [2.24, 2.45) is 0 Å². The number of nitrogens with zero attached hydrogens (tertiary/aromatic N) is 1. The van der Waals surface area contributed by atoms with Crippen LogP contribution in [0, 0.1) is 0 Å². The Bertz CT molecular complexity index is 925. The number of amides is 1. The average molecular weight is 357 g/mol. The zero-order valence-electron chi connectivity index (χ0n) is 15.2.